The molecular formula is C18H21ClN2O3S. The van der Waals surface area contributed by atoms with E-state index in [1.54, 1.807) is 24.3 Å². The Labute approximate surface area is 153 Å². The average molecular weight is 381 g/mol. The maximum absolute atomic E-state index is 12.2. The molecule has 0 fully saturated rings. The third-order valence-corrected chi connectivity index (χ3v) is 5.24. The van der Waals surface area contributed by atoms with Gasteiger partial charge in [-0.25, -0.2) is 13.1 Å². The highest BCUT2D eigenvalue weighted by Crippen LogP contribution is 2.17. The summed E-state index contributed by atoms with van der Waals surface area (Å²) in [7, 11) is -3.56. The molecule has 0 aliphatic rings. The van der Waals surface area contributed by atoms with Gasteiger partial charge in [0.15, 0.2) is 0 Å². The lowest BCUT2D eigenvalue weighted by atomic mass is 10.1. The predicted octanol–water partition coefficient (Wildman–Crippen LogP) is 3.92. The van der Waals surface area contributed by atoms with Gasteiger partial charge in [0.1, 0.15) is 0 Å². The number of carbonyl (C=O) groups is 1. The zero-order valence-corrected chi connectivity index (χ0v) is 15.7. The third kappa shape index (κ3) is 5.85. The van der Waals surface area contributed by atoms with Gasteiger partial charge in [-0.3, -0.25) is 4.79 Å². The van der Waals surface area contributed by atoms with Crippen LogP contribution in [0, 0.1) is 5.92 Å². The zero-order chi connectivity index (χ0) is 18.4. The summed E-state index contributed by atoms with van der Waals surface area (Å²) in [5.74, 6) is 0.0826. The summed E-state index contributed by atoms with van der Waals surface area (Å²) in [5.41, 5.74) is 0.936. The van der Waals surface area contributed by atoms with Gasteiger partial charge < -0.3 is 5.32 Å². The fourth-order valence-corrected chi connectivity index (χ4v) is 3.36. The topological polar surface area (TPSA) is 75.3 Å². The summed E-state index contributed by atoms with van der Waals surface area (Å²) in [6.45, 7) is 4.44. The molecule has 5 nitrogen and oxygen atoms in total. The number of carbonyl (C=O) groups excluding carboxylic acids is 1. The Morgan fingerprint density at radius 1 is 1.12 bits per heavy atom. The van der Waals surface area contributed by atoms with Crippen LogP contribution in [0.4, 0.5) is 5.69 Å². The van der Waals surface area contributed by atoms with Crippen LogP contribution in [-0.4, -0.2) is 20.9 Å². The standard InChI is InChI=1S/C18H21ClN2O3S/c1-13(2)10-11-20-25(23,24)17-8-6-14(7-9-17)18(22)21-16-5-3-4-15(19)12-16/h3-9,12-13,20H,10-11H2,1-2H3,(H,21,22). The molecule has 0 aliphatic heterocycles. The van der Waals surface area contributed by atoms with Crippen molar-refractivity contribution in [2.75, 3.05) is 11.9 Å². The van der Waals surface area contributed by atoms with Crippen LogP contribution in [0.1, 0.15) is 30.6 Å². The molecule has 0 radical (unpaired) electrons. The first-order valence-electron chi connectivity index (χ1n) is 7.94. The summed E-state index contributed by atoms with van der Waals surface area (Å²) in [4.78, 5) is 12.3. The summed E-state index contributed by atoms with van der Waals surface area (Å²) in [5, 5.41) is 3.24. The Morgan fingerprint density at radius 2 is 1.80 bits per heavy atom. The summed E-state index contributed by atoms with van der Waals surface area (Å²) < 4.78 is 27.0. The molecule has 1 amide bonds. The van der Waals surface area contributed by atoms with E-state index in [0.29, 0.717) is 28.7 Å². The second-order valence-corrected chi connectivity index (χ2v) is 8.27. The molecule has 0 heterocycles. The maximum atomic E-state index is 12.2. The molecule has 25 heavy (non-hydrogen) atoms. The van der Waals surface area contributed by atoms with Crippen molar-refractivity contribution in [2.24, 2.45) is 5.92 Å². The molecule has 0 saturated carbocycles. The molecule has 0 atom stereocenters. The van der Waals surface area contributed by atoms with Crippen molar-refractivity contribution in [3.05, 3.63) is 59.1 Å². The number of amides is 1. The molecular weight excluding hydrogens is 360 g/mol. The lowest BCUT2D eigenvalue weighted by Gasteiger charge is -2.09. The Bertz CT molecular complexity index is 834. The summed E-state index contributed by atoms with van der Waals surface area (Å²) in [6.07, 6.45) is 0.763. The second-order valence-electron chi connectivity index (χ2n) is 6.07. The van der Waals surface area contributed by atoms with E-state index < -0.39 is 10.0 Å². The SMILES string of the molecule is CC(C)CCNS(=O)(=O)c1ccc(C(=O)Nc2cccc(Cl)c2)cc1. The normalized spacial score (nSPS) is 11.5. The number of rotatable bonds is 7. The van der Waals surface area contributed by atoms with Crippen LogP contribution in [0.2, 0.25) is 5.02 Å². The van der Waals surface area contributed by atoms with Gasteiger partial charge in [0.25, 0.3) is 5.91 Å². The minimum atomic E-state index is -3.56. The molecule has 7 heteroatoms. The van der Waals surface area contributed by atoms with Crippen LogP contribution in [0.15, 0.2) is 53.4 Å². The monoisotopic (exact) mass is 380 g/mol. The molecule has 0 aromatic heterocycles. The first-order chi connectivity index (χ1) is 11.8. The van der Waals surface area contributed by atoms with Crippen molar-refractivity contribution >= 4 is 33.2 Å². The van der Waals surface area contributed by atoms with E-state index in [4.69, 9.17) is 11.6 Å². The number of hydrogen-bond donors (Lipinski definition) is 2. The molecule has 0 aliphatic carbocycles. The average Bonchev–Trinajstić information content (AvgIpc) is 2.54. The Kier molecular flexibility index (Phi) is 6.58. The number of halogens is 1. The van der Waals surface area contributed by atoms with Crippen molar-refractivity contribution in [1.29, 1.82) is 0 Å². The second kappa shape index (κ2) is 8.47. The third-order valence-electron chi connectivity index (χ3n) is 3.52. The number of nitrogens with one attached hydrogen (secondary N) is 2. The Morgan fingerprint density at radius 3 is 2.40 bits per heavy atom. The minimum Gasteiger partial charge on any atom is -0.322 e. The van der Waals surface area contributed by atoms with Crippen molar-refractivity contribution in [3.63, 3.8) is 0 Å². The van der Waals surface area contributed by atoms with Crippen molar-refractivity contribution in [3.8, 4) is 0 Å². The predicted molar refractivity (Wildman–Crippen MR) is 100 cm³/mol. The maximum Gasteiger partial charge on any atom is 0.255 e. The van der Waals surface area contributed by atoms with Crippen LogP contribution >= 0.6 is 11.6 Å². The van der Waals surface area contributed by atoms with Crippen molar-refractivity contribution in [2.45, 2.75) is 25.2 Å². The van der Waals surface area contributed by atoms with Gasteiger partial charge in [-0.2, -0.15) is 0 Å². The lowest BCUT2D eigenvalue weighted by Crippen LogP contribution is -2.25. The summed E-state index contributed by atoms with van der Waals surface area (Å²) in [6, 6.07) is 12.6. The van der Waals surface area contributed by atoms with E-state index in [0.717, 1.165) is 6.42 Å². The highest BCUT2D eigenvalue weighted by Gasteiger charge is 2.15. The van der Waals surface area contributed by atoms with Gasteiger partial charge in [0.2, 0.25) is 10.0 Å². The van der Waals surface area contributed by atoms with Gasteiger partial charge in [0.05, 0.1) is 4.90 Å². The van der Waals surface area contributed by atoms with Gasteiger partial charge in [0, 0.05) is 22.8 Å². The van der Waals surface area contributed by atoms with Gasteiger partial charge in [-0.15, -0.1) is 0 Å². The highest BCUT2D eigenvalue weighted by molar-refractivity contribution is 7.89. The smallest absolute Gasteiger partial charge is 0.255 e. The van der Waals surface area contributed by atoms with Crippen molar-refractivity contribution < 1.29 is 13.2 Å². The Hall–Kier alpha value is -1.89. The first kappa shape index (κ1) is 19.4. The van der Waals surface area contributed by atoms with E-state index in [2.05, 4.69) is 10.0 Å². The minimum absolute atomic E-state index is 0.135. The number of anilines is 1. The molecule has 0 saturated heterocycles. The zero-order valence-electron chi connectivity index (χ0n) is 14.1. The van der Waals surface area contributed by atoms with Gasteiger partial charge in [-0.05, 0) is 54.8 Å². The fraction of sp³-hybridized carbons (Fsp3) is 0.278. The molecule has 2 aromatic rings. The van der Waals surface area contributed by atoms with E-state index in [1.807, 2.05) is 13.8 Å². The van der Waals surface area contributed by atoms with Crippen LogP contribution in [0.5, 0.6) is 0 Å². The van der Waals surface area contributed by atoms with Crippen LogP contribution in [0.3, 0.4) is 0 Å². The fourth-order valence-electron chi connectivity index (χ4n) is 2.12. The van der Waals surface area contributed by atoms with Gasteiger partial charge >= 0.3 is 0 Å². The van der Waals surface area contributed by atoms with E-state index in [9.17, 15) is 13.2 Å². The van der Waals surface area contributed by atoms with Crippen LogP contribution in [-0.2, 0) is 10.0 Å². The number of sulfonamides is 1. The molecule has 2 aromatic carbocycles. The molecule has 0 unspecified atom stereocenters. The lowest BCUT2D eigenvalue weighted by molar-refractivity contribution is 0.102. The molecule has 2 rings (SSSR count). The molecule has 2 N–H and O–H groups in total. The quantitative estimate of drug-likeness (QED) is 0.764. The van der Waals surface area contributed by atoms with Crippen LogP contribution < -0.4 is 10.0 Å². The van der Waals surface area contributed by atoms with Crippen LogP contribution in [0.25, 0.3) is 0 Å². The number of hydrogen-bond acceptors (Lipinski definition) is 3. The first-order valence-corrected chi connectivity index (χ1v) is 9.81. The molecule has 0 bridgehead atoms. The molecule has 134 valence electrons. The highest BCUT2D eigenvalue weighted by atomic mass is 35.5. The number of benzene rings is 2. The largest absolute Gasteiger partial charge is 0.322 e. The van der Waals surface area contributed by atoms with E-state index in [-0.39, 0.29) is 10.8 Å². The molecule has 0 spiro atoms. The van der Waals surface area contributed by atoms with Crippen molar-refractivity contribution in [1.82, 2.24) is 4.72 Å². The Balaban J connectivity index is 2.04. The van der Waals surface area contributed by atoms with E-state index in [1.165, 1.54) is 24.3 Å². The summed E-state index contributed by atoms with van der Waals surface area (Å²) >= 11 is 5.88. The van der Waals surface area contributed by atoms with Gasteiger partial charge in [-0.1, -0.05) is 31.5 Å². The van der Waals surface area contributed by atoms with E-state index >= 15 is 0 Å².